The summed E-state index contributed by atoms with van der Waals surface area (Å²) in [5, 5.41) is 0. The third-order valence-electron chi connectivity index (χ3n) is 3.03. The topological polar surface area (TPSA) is 50.1 Å². The van der Waals surface area contributed by atoms with Crippen molar-refractivity contribution in [2.24, 2.45) is 0 Å². The van der Waals surface area contributed by atoms with Crippen LogP contribution in [0.15, 0.2) is 12.1 Å². The minimum absolute atomic E-state index is 0.346. The lowest BCUT2D eigenvalue weighted by atomic mass is 9.96. The van der Waals surface area contributed by atoms with Gasteiger partial charge in [-0.05, 0) is 38.3 Å². The van der Waals surface area contributed by atoms with E-state index >= 15 is 0 Å². The van der Waals surface area contributed by atoms with Crippen LogP contribution in [-0.2, 0) is 0 Å². The second-order valence-electron chi connectivity index (χ2n) is 4.56. The molecule has 2 atom stereocenters. The largest absolute Gasteiger partial charge is 0.398 e. The van der Waals surface area contributed by atoms with Gasteiger partial charge in [-0.1, -0.05) is 17.7 Å². The van der Waals surface area contributed by atoms with E-state index in [1.54, 1.807) is 0 Å². The van der Waals surface area contributed by atoms with Crippen molar-refractivity contribution in [1.82, 2.24) is 10.9 Å². The summed E-state index contributed by atoms with van der Waals surface area (Å²) < 4.78 is 0. The highest BCUT2D eigenvalue weighted by atomic mass is 15.4. The molecule has 0 radical (unpaired) electrons. The van der Waals surface area contributed by atoms with Crippen LogP contribution in [0.25, 0.3) is 0 Å². The lowest BCUT2D eigenvalue weighted by Crippen LogP contribution is -2.29. The Bertz CT molecular complexity index is 373. The third-order valence-corrected chi connectivity index (χ3v) is 3.03. The highest BCUT2D eigenvalue weighted by Crippen LogP contribution is 2.29. The first-order valence-corrected chi connectivity index (χ1v) is 5.45. The van der Waals surface area contributed by atoms with Crippen molar-refractivity contribution in [3.8, 4) is 0 Å². The molecule has 82 valence electrons. The number of hydrogen-bond donors (Lipinski definition) is 3. The first-order valence-electron chi connectivity index (χ1n) is 5.45. The molecule has 2 rings (SSSR count). The van der Waals surface area contributed by atoms with E-state index in [-0.39, 0.29) is 0 Å². The van der Waals surface area contributed by atoms with Crippen LogP contribution in [-0.4, -0.2) is 6.04 Å². The minimum Gasteiger partial charge on any atom is -0.398 e. The molecule has 15 heavy (non-hydrogen) atoms. The molecule has 1 fully saturated rings. The fourth-order valence-electron chi connectivity index (χ4n) is 2.22. The Labute approximate surface area is 91.0 Å². The second-order valence-corrected chi connectivity index (χ2v) is 4.56. The van der Waals surface area contributed by atoms with Crippen LogP contribution in [0, 0.1) is 13.8 Å². The average Bonchev–Trinajstić information content (AvgIpc) is 2.58. The first kappa shape index (κ1) is 10.5. The first-order chi connectivity index (χ1) is 7.08. The van der Waals surface area contributed by atoms with Crippen LogP contribution in [0.4, 0.5) is 5.69 Å². The normalized spacial score (nSPS) is 25.8. The summed E-state index contributed by atoms with van der Waals surface area (Å²) >= 11 is 0. The van der Waals surface area contributed by atoms with Crippen LogP contribution in [0.5, 0.6) is 0 Å². The molecule has 3 nitrogen and oxygen atoms in total. The molecule has 0 aromatic heterocycles. The van der Waals surface area contributed by atoms with E-state index in [0.29, 0.717) is 12.1 Å². The molecule has 3 heteroatoms. The van der Waals surface area contributed by atoms with E-state index in [9.17, 15) is 0 Å². The summed E-state index contributed by atoms with van der Waals surface area (Å²) in [6, 6.07) is 5.17. The number of nitrogens with one attached hydrogen (secondary N) is 2. The zero-order valence-electron chi connectivity index (χ0n) is 9.59. The lowest BCUT2D eigenvalue weighted by Gasteiger charge is -2.15. The summed E-state index contributed by atoms with van der Waals surface area (Å²) in [6.45, 7) is 6.35. The van der Waals surface area contributed by atoms with Gasteiger partial charge in [-0.3, -0.25) is 5.43 Å². The Morgan fingerprint density at radius 1 is 1.27 bits per heavy atom. The van der Waals surface area contributed by atoms with Crippen molar-refractivity contribution in [2.75, 3.05) is 5.73 Å². The van der Waals surface area contributed by atoms with Crippen molar-refractivity contribution in [2.45, 2.75) is 39.3 Å². The summed E-state index contributed by atoms with van der Waals surface area (Å²) in [5.41, 5.74) is 17.2. The van der Waals surface area contributed by atoms with Gasteiger partial charge in [0.1, 0.15) is 0 Å². The summed E-state index contributed by atoms with van der Waals surface area (Å²) in [6.07, 6.45) is 1.09. The van der Waals surface area contributed by atoms with Crippen LogP contribution >= 0.6 is 0 Å². The molecule has 1 aromatic carbocycles. The smallest absolute Gasteiger partial charge is 0.0498 e. The second kappa shape index (κ2) is 3.83. The number of hydrazine groups is 1. The molecular formula is C12H19N3. The van der Waals surface area contributed by atoms with Crippen molar-refractivity contribution in [3.63, 3.8) is 0 Å². The summed E-state index contributed by atoms with van der Waals surface area (Å²) in [5.74, 6) is 0. The van der Waals surface area contributed by atoms with Gasteiger partial charge in [0.05, 0.1) is 0 Å². The molecule has 0 amide bonds. The van der Waals surface area contributed by atoms with Gasteiger partial charge < -0.3 is 5.73 Å². The highest BCUT2D eigenvalue weighted by molar-refractivity contribution is 5.56. The van der Waals surface area contributed by atoms with Crippen molar-refractivity contribution >= 4 is 5.69 Å². The van der Waals surface area contributed by atoms with Gasteiger partial charge in [0, 0.05) is 17.8 Å². The molecule has 0 bridgehead atoms. The quantitative estimate of drug-likeness (QED) is 0.613. The molecule has 1 saturated heterocycles. The Hall–Kier alpha value is -1.06. The predicted molar refractivity (Wildman–Crippen MR) is 63.4 cm³/mol. The fourth-order valence-corrected chi connectivity index (χ4v) is 2.22. The van der Waals surface area contributed by atoms with Gasteiger partial charge in [-0.2, -0.15) is 0 Å². The number of aryl methyl sites for hydroxylation is 2. The van der Waals surface area contributed by atoms with Crippen LogP contribution in [0.1, 0.15) is 36.1 Å². The average molecular weight is 205 g/mol. The van der Waals surface area contributed by atoms with Gasteiger partial charge in [-0.25, -0.2) is 5.43 Å². The van der Waals surface area contributed by atoms with E-state index < -0.39 is 0 Å². The molecule has 2 unspecified atom stereocenters. The zero-order chi connectivity index (χ0) is 11.0. The van der Waals surface area contributed by atoms with Crippen molar-refractivity contribution < 1.29 is 0 Å². The van der Waals surface area contributed by atoms with Crippen LogP contribution < -0.4 is 16.6 Å². The molecule has 0 spiro atoms. The lowest BCUT2D eigenvalue weighted by molar-refractivity contribution is 0.561. The number of benzene rings is 1. The monoisotopic (exact) mass is 205 g/mol. The fraction of sp³-hybridized carbons (Fsp3) is 0.500. The molecule has 1 heterocycles. The number of nitrogens with two attached hydrogens (primary N) is 1. The van der Waals surface area contributed by atoms with Crippen LogP contribution in [0.3, 0.4) is 0 Å². The Morgan fingerprint density at radius 2 is 2.00 bits per heavy atom. The number of anilines is 1. The molecule has 1 aromatic rings. The zero-order valence-corrected chi connectivity index (χ0v) is 9.59. The van der Waals surface area contributed by atoms with Gasteiger partial charge in [0.15, 0.2) is 0 Å². The highest BCUT2D eigenvalue weighted by Gasteiger charge is 2.23. The Balaban J connectivity index is 2.35. The standard InChI is InChI=1S/C12H19N3/c1-7-4-8(2)12(13)10(5-7)11-6-9(3)14-15-11/h4-5,9,11,14-15H,6,13H2,1-3H3. The minimum atomic E-state index is 0.346. The van der Waals surface area contributed by atoms with Crippen molar-refractivity contribution in [1.29, 1.82) is 0 Å². The van der Waals surface area contributed by atoms with Gasteiger partial charge in [-0.15, -0.1) is 0 Å². The van der Waals surface area contributed by atoms with E-state index in [0.717, 1.165) is 12.1 Å². The number of nitrogen functional groups attached to an aromatic ring is 1. The van der Waals surface area contributed by atoms with Crippen LogP contribution in [0.2, 0.25) is 0 Å². The van der Waals surface area contributed by atoms with E-state index in [2.05, 4.69) is 43.8 Å². The Morgan fingerprint density at radius 3 is 2.60 bits per heavy atom. The third kappa shape index (κ3) is 1.98. The maximum Gasteiger partial charge on any atom is 0.0498 e. The molecule has 4 N–H and O–H groups in total. The maximum atomic E-state index is 6.11. The molecule has 0 saturated carbocycles. The van der Waals surface area contributed by atoms with E-state index in [1.807, 2.05) is 0 Å². The van der Waals surface area contributed by atoms with E-state index in [1.165, 1.54) is 16.7 Å². The summed E-state index contributed by atoms with van der Waals surface area (Å²) in [4.78, 5) is 0. The molecule has 1 aliphatic heterocycles. The van der Waals surface area contributed by atoms with Gasteiger partial charge >= 0.3 is 0 Å². The predicted octanol–water partition coefficient (Wildman–Crippen LogP) is 1.81. The van der Waals surface area contributed by atoms with Gasteiger partial charge in [0.25, 0.3) is 0 Å². The SMILES string of the molecule is Cc1cc(C)c(N)c(C2CC(C)NN2)c1. The molecule has 0 aliphatic carbocycles. The maximum absolute atomic E-state index is 6.11. The molecular weight excluding hydrogens is 186 g/mol. The summed E-state index contributed by atoms with van der Waals surface area (Å²) in [7, 11) is 0. The van der Waals surface area contributed by atoms with Gasteiger partial charge in [0.2, 0.25) is 0 Å². The number of rotatable bonds is 1. The number of hydrogen-bond acceptors (Lipinski definition) is 3. The van der Waals surface area contributed by atoms with Crippen molar-refractivity contribution in [3.05, 3.63) is 28.8 Å². The Kier molecular flexibility index (Phi) is 2.67. The van der Waals surface area contributed by atoms with E-state index in [4.69, 9.17) is 5.73 Å². The molecule has 1 aliphatic rings.